The smallest absolute Gasteiger partial charge is 0.264 e. The minimum atomic E-state index is -0.464. The number of methoxy groups -OCH3 is 1. The molecule has 0 N–H and O–H groups in total. The van der Waals surface area contributed by atoms with Crippen LogP contribution in [0, 0.1) is 11.6 Å². The predicted octanol–water partition coefficient (Wildman–Crippen LogP) is 5.16. The van der Waals surface area contributed by atoms with Gasteiger partial charge in [-0.25, -0.2) is 8.78 Å². The van der Waals surface area contributed by atoms with Crippen molar-refractivity contribution in [3.63, 3.8) is 0 Å². The first-order chi connectivity index (χ1) is 12.5. The summed E-state index contributed by atoms with van der Waals surface area (Å²) < 4.78 is 34.3. The van der Waals surface area contributed by atoms with Crippen LogP contribution in [0.1, 0.15) is 33.8 Å². The third kappa shape index (κ3) is 3.22. The number of rotatable bonds is 5. The molecule has 0 saturated carbocycles. The van der Waals surface area contributed by atoms with Crippen LogP contribution >= 0.6 is 11.3 Å². The van der Waals surface area contributed by atoms with Crippen LogP contribution < -0.4 is 0 Å². The van der Waals surface area contributed by atoms with Gasteiger partial charge in [-0.15, -0.1) is 11.3 Å². The lowest BCUT2D eigenvalue weighted by molar-refractivity contribution is 0.0741. The molecule has 0 aliphatic rings. The first-order valence-corrected chi connectivity index (χ1v) is 8.97. The largest absolute Gasteiger partial charge is 0.380 e. The highest BCUT2D eigenvalue weighted by molar-refractivity contribution is 7.21. The van der Waals surface area contributed by atoms with Crippen molar-refractivity contribution >= 4 is 27.3 Å². The molecular formula is C20H19F2NO2S. The Labute approximate surface area is 154 Å². The molecule has 26 heavy (non-hydrogen) atoms. The number of fused-ring (bicyclic) bond motifs is 1. The summed E-state index contributed by atoms with van der Waals surface area (Å²) in [7, 11) is 3.13. The Kier molecular flexibility index (Phi) is 5.34. The van der Waals surface area contributed by atoms with E-state index in [2.05, 4.69) is 0 Å². The number of nitrogens with zero attached hydrogens (tertiary/aromatic N) is 1. The third-order valence-electron chi connectivity index (χ3n) is 4.50. The summed E-state index contributed by atoms with van der Waals surface area (Å²) in [5, 5.41) is 0.412. The van der Waals surface area contributed by atoms with Gasteiger partial charge in [0, 0.05) is 35.4 Å². The van der Waals surface area contributed by atoms with Crippen LogP contribution in [0.3, 0.4) is 0 Å². The molecule has 1 heterocycles. The van der Waals surface area contributed by atoms with Gasteiger partial charge in [0.05, 0.1) is 17.5 Å². The van der Waals surface area contributed by atoms with Crippen LogP contribution in [0.25, 0.3) is 10.1 Å². The first-order valence-electron chi connectivity index (χ1n) is 8.16. The van der Waals surface area contributed by atoms with Gasteiger partial charge in [-0.2, -0.15) is 0 Å². The zero-order valence-electron chi connectivity index (χ0n) is 14.8. The molecule has 0 spiro atoms. The average Bonchev–Trinajstić information content (AvgIpc) is 3.00. The maximum atomic E-state index is 14.3. The Morgan fingerprint density at radius 3 is 2.54 bits per heavy atom. The van der Waals surface area contributed by atoms with E-state index in [1.54, 1.807) is 44.3 Å². The maximum absolute atomic E-state index is 14.3. The minimum absolute atomic E-state index is 0.129. The summed E-state index contributed by atoms with van der Waals surface area (Å²) in [6.07, 6.45) is 0. The van der Waals surface area contributed by atoms with Gasteiger partial charge in [-0.1, -0.05) is 24.3 Å². The summed E-state index contributed by atoms with van der Waals surface area (Å²) in [5.41, 5.74) is 0.965. The SMILES string of the molecule is COCc1c(C(=O)N(C)C(C)c2ccccc2F)sc2cccc(F)c12. The third-order valence-corrected chi connectivity index (χ3v) is 5.69. The van der Waals surface area contributed by atoms with Crippen LogP contribution in [0.2, 0.25) is 0 Å². The normalized spacial score (nSPS) is 12.3. The Morgan fingerprint density at radius 1 is 1.15 bits per heavy atom. The fourth-order valence-electron chi connectivity index (χ4n) is 2.98. The Morgan fingerprint density at radius 2 is 1.85 bits per heavy atom. The highest BCUT2D eigenvalue weighted by Gasteiger charge is 2.26. The van der Waals surface area contributed by atoms with Gasteiger partial charge in [0.2, 0.25) is 0 Å². The van der Waals surface area contributed by atoms with Gasteiger partial charge in [0.1, 0.15) is 11.6 Å². The number of halogens is 2. The monoisotopic (exact) mass is 375 g/mol. The Balaban J connectivity index is 2.03. The van der Waals surface area contributed by atoms with Crippen molar-refractivity contribution in [2.45, 2.75) is 19.6 Å². The number of carbonyl (C=O) groups is 1. The molecule has 6 heteroatoms. The molecule has 0 bridgehead atoms. The summed E-state index contributed by atoms with van der Waals surface area (Å²) in [6.45, 7) is 1.89. The van der Waals surface area contributed by atoms with Crippen LogP contribution in [0.4, 0.5) is 8.78 Å². The molecule has 0 aliphatic heterocycles. The molecule has 3 nitrogen and oxygen atoms in total. The molecule has 1 amide bonds. The first kappa shape index (κ1) is 18.5. The fraction of sp³-hybridized carbons (Fsp3) is 0.250. The van der Waals surface area contributed by atoms with Crippen LogP contribution in [-0.4, -0.2) is 25.0 Å². The van der Waals surface area contributed by atoms with Gasteiger partial charge in [0.15, 0.2) is 0 Å². The number of ether oxygens (including phenoxy) is 1. The van der Waals surface area contributed by atoms with Crippen molar-refractivity contribution in [2.75, 3.05) is 14.2 Å². The topological polar surface area (TPSA) is 29.5 Å². The zero-order chi connectivity index (χ0) is 18.8. The second kappa shape index (κ2) is 7.51. The summed E-state index contributed by atoms with van der Waals surface area (Å²) >= 11 is 1.23. The fourth-order valence-corrected chi connectivity index (χ4v) is 4.19. The van der Waals surface area contributed by atoms with Crippen molar-refractivity contribution in [2.24, 2.45) is 0 Å². The molecule has 1 unspecified atom stereocenters. The van der Waals surface area contributed by atoms with E-state index >= 15 is 0 Å². The predicted molar refractivity (Wildman–Crippen MR) is 99.4 cm³/mol. The molecule has 136 valence electrons. The lowest BCUT2D eigenvalue weighted by Gasteiger charge is -2.25. The summed E-state index contributed by atoms with van der Waals surface area (Å²) in [6, 6.07) is 10.7. The van der Waals surface area contributed by atoms with Crippen molar-refractivity contribution in [3.05, 3.63) is 70.1 Å². The Bertz CT molecular complexity index is 954. The molecular weight excluding hydrogens is 356 g/mol. The number of amides is 1. The lowest BCUT2D eigenvalue weighted by atomic mass is 10.1. The summed E-state index contributed by atoms with van der Waals surface area (Å²) in [5.74, 6) is -1.03. The molecule has 3 rings (SSSR count). The quantitative estimate of drug-likeness (QED) is 0.616. The molecule has 2 aromatic carbocycles. The van der Waals surface area contributed by atoms with E-state index in [-0.39, 0.29) is 24.1 Å². The number of thiophene rings is 1. The minimum Gasteiger partial charge on any atom is -0.380 e. The summed E-state index contributed by atoms with van der Waals surface area (Å²) in [4.78, 5) is 15.0. The van der Waals surface area contributed by atoms with Gasteiger partial charge in [-0.3, -0.25) is 4.79 Å². The second-order valence-electron chi connectivity index (χ2n) is 6.07. The molecule has 0 fully saturated rings. The molecule has 1 aromatic heterocycles. The number of hydrogen-bond donors (Lipinski definition) is 0. The molecule has 3 aromatic rings. The van der Waals surface area contributed by atoms with Crippen molar-refractivity contribution in [1.82, 2.24) is 4.90 Å². The number of benzene rings is 2. The van der Waals surface area contributed by atoms with Crippen molar-refractivity contribution < 1.29 is 18.3 Å². The van der Waals surface area contributed by atoms with Gasteiger partial charge in [0.25, 0.3) is 5.91 Å². The number of carbonyl (C=O) groups excluding carboxylic acids is 1. The van der Waals surface area contributed by atoms with E-state index in [9.17, 15) is 13.6 Å². The van der Waals surface area contributed by atoms with Gasteiger partial charge < -0.3 is 9.64 Å². The van der Waals surface area contributed by atoms with Gasteiger partial charge in [-0.05, 0) is 25.1 Å². The molecule has 0 radical (unpaired) electrons. The van der Waals surface area contributed by atoms with Crippen LogP contribution in [0.5, 0.6) is 0 Å². The van der Waals surface area contributed by atoms with E-state index < -0.39 is 6.04 Å². The van der Waals surface area contributed by atoms with Crippen LogP contribution in [-0.2, 0) is 11.3 Å². The second-order valence-corrected chi connectivity index (χ2v) is 7.12. The molecule has 0 aliphatic carbocycles. The zero-order valence-corrected chi connectivity index (χ0v) is 15.6. The highest BCUT2D eigenvalue weighted by Crippen LogP contribution is 2.35. The highest BCUT2D eigenvalue weighted by atomic mass is 32.1. The molecule has 1 atom stereocenters. The van der Waals surface area contributed by atoms with E-state index in [1.807, 2.05) is 0 Å². The number of hydrogen-bond acceptors (Lipinski definition) is 3. The van der Waals surface area contributed by atoms with E-state index in [0.717, 1.165) is 0 Å². The van der Waals surface area contributed by atoms with E-state index in [0.29, 0.717) is 26.1 Å². The van der Waals surface area contributed by atoms with Crippen molar-refractivity contribution in [3.8, 4) is 0 Å². The van der Waals surface area contributed by atoms with Crippen molar-refractivity contribution in [1.29, 1.82) is 0 Å². The lowest BCUT2D eigenvalue weighted by Crippen LogP contribution is -2.30. The van der Waals surface area contributed by atoms with E-state index in [1.165, 1.54) is 35.5 Å². The van der Waals surface area contributed by atoms with E-state index in [4.69, 9.17) is 4.74 Å². The van der Waals surface area contributed by atoms with Gasteiger partial charge >= 0.3 is 0 Å². The Hall–Kier alpha value is -2.31. The molecule has 0 saturated heterocycles. The average molecular weight is 375 g/mol. The van der Waals surface area contributed by atoms with Crippen LogP contribution in [0.15, 0.2) is 42.5 Å². The standard InChI is InChI=1S/C20H19F2NO2S/c1-12(13-7-4-5-8-15(13)21)23(2)20(24)19-14(11-25-3)18-16(22)9-6-10-17(18)26-19/h4-10,12H,11H2,1-3H3. The maximum Gasteiger partial charge on any atom is 0.264 e.